The number of carbonyl (C=O) groups is 1. The molecule has 2 aromatic rings. The van der Waals surface area contributed by atoms with Crippen LogP contribution >= 0.6 is 15.9 Å². The van der Waals surface area contributed by atoms with Crippen molar-refractivity contribution in [1.29, 1.82) is 0 Å². The number of aryl methyl sites for hydroxylation is 1. The topological polar surface area (TPSA) is 73.3 Å². The molecule has 1 aliphatic heterocycles. The minimum absolute atomic E-state index is 0.0355. The zero-order valence-corrected chi connectivity index (χ0v) is 15.6. The van der Waals surface area contributed by atoms with E-state index in [1.54, 1.807) is 28.6 Å². The molecule has 0 aliphatic carbocycles. The minimum atomic E-state index is -0.125. The van der Waals surface area contributed by atoms with E-state index in [1.807, 2.05) is 13.8 Å². The second-order valence-electron chi connectivity index (χ2n) is 6.42. The monoisotopic (exact) mass is 396 g/mol. The Kier molecular flexibility index (Phi) is 4.67. The van der Waals surface area contributed by atoms with Gasteiger partial charge in [-0.2, -0.15) is 5.10 Å². The van der Waals surface area contributed by atoms with Gasteiger partial charge in [0.2, 0.25) is 0 Å². The van der Waals surface area contributed by atoms with Gasteiger partial charge < -0.3 is 9.32 Å². The Morgan fingerprint density at radius 3 is 2.79 bits per heavy atom. The smallest absolute Gasteiger partial charge is 0.345 e. The van der Waals surface area contributed by atoms with Crippen molar-refractivity contribution in [2.24, 2.45) is 7.05 Å². The molecule has 3 heterocycles. The second-order valence-corrected chi connectivity index (χ2v) is 7.20. The van der Waals surface area contributed by atoms with Gasteiger partial charge in [0.1, 0.15) is 5.82 Å². The summed E-state index contributed by atoms with van der Waals surface area (Å²) in [6.45, 7) is 5.17. The molecule has 130 valence electrons. The van der Waals surface area contributed by atoms with Crippen molar-refractivity contribution in [3.63, 3.8) is 0 Å². The van der Waals surface area contributed by atoms with Gasteiger partial charge in [-0.3, -0.25) is 9.36 Å². The number of carbonyl (C=O) groups excluding carboxylic acids is 1. The predicted octanol–water partition coefficient (Wildman–Crippen LogP) is 2.54. The van der Waals surface area contributed by atoms with E-state index >= 15 is 0 Å². The molecule has 0 spiro atoms. The highest BCUT2D eigenvalue weighted by Gasteiger charge is 2.31. The summed E-state index contributed by atoms with van der Waals surface area (Å²) in [5.41, 5.74) is -0.113. The molecule has 8 heteroatoms. The zero-order valence-electron chi connectivity index (χ0n) is 14.0. The summed E-state index contributed by atoms with van der Waals surface area (Å²) in [5.74, 6) is 1.01. The van der Waals surface area contributed by atoms with Crippen molar-refractivity contribution in [2.75, 3.05) is 13.1 Å². The second kappa shape index (κ2) is 6.58. The molecule has 1 amide bonds. The molecule has 0 aromatic carbocycles. The SMILES string of the molecule is CC(C)n1c(C2CCCN(C(=O)c3ccc(Br)o3)C2)nn(C)c1=O. The van der Waals surface area contributed by atoms with Crippen molar-refractivity contribution in [3.8, 4) is 0 Å². The summed E-state index contributed by atoms with van der Waals surface area (Å²) < 4.78 is 9.01. The predicted molar refractivity (Wildman–Crippen MR) is 92.1 cm³/mol. The van der Waals surface area contributed by atoms with Gasteiger partial charge in [0, 0.05) is 32.1 Å². The normalized spacial score (nSPS) is 18.4. The average molecular weight is 397 g/mol. The minimum Gasteiger partial charge on any atom is -0.444 e. The third-order valence-corrected chi connectivity index (χ3v) is 4.78. The Balaban J connectivity index is 1.85. The largest absolute Gasteiger partial charge is 0.444 e. The van der Waals surface area contributed by atoms with E-state index in [1.165, 1.54) is 4.68 Å². The van der Waals surface area contributed by atoms with E-state index in [2.05, 4.69) is 21.0 Å². The van der Waals surface area contributed by atoms with Crippen molar-refractivity contribution >= 4 is 21.8 Å². The molecule has 0 bridgehead atoms. The first-order valence-corrected chi connectivity index (χ1v) is 8.87. The van der Waals surface area contributed by atoms with Crippen molar-refractivity contribution in [1.82, 2.24) is 19.2 Å². The lowest BCUT2D eigenvalue weighted by Crippen LogP contribution is -2.40. The van der Waals surface area contributed by atoms with Gasteiger partial charge in [0.05, 0.1) is 0 Å². The van der Waals surface area contributed by atoms with E-state index in [0.29, 0.717) is 23.5 Å². The fraction of sp³-hybridized carbons (Fsp3) is 0.562. The lowest BCUT2D eigenvalue weighted by molar-refractivity contribution is 0.0669. The number of nitrogens with zero attached hydrogens (tertiary/aromatic N) is 4. The third kappa shape index (κ3) is 3.07. The summed E-state index contributed by atoms with van der Waals surface area (Å²) in [6.07, 6.45) is 1.79. The number of hydrogen-bond donors (Lipinski definition) is 0. The Labute approximate surface area is 148 Å². The van der Waals surface area contributed by atoms with E-state index in [9.17, 15) is 9.59 Å². The molecular weight excluding hydrogens is 376 g/mol. The quantitative estimate of drug-likeness (QED) is 0.798. The molecule has 1 fully saturated rings. The van der Waals surface area contributed by atoms with Gasteiger partial charge in [-0.15, -0.1) is 0 Å². The molecule has 1 aliphatic rings. The van der Waals surface area contributed by atoms with Crippen LogP contribution in [0.25, 0.3) is 0 Å². The molecule has 0 radical (unpaired) electrons. The first-order valence-electron chi connectivity index (χ1n) is 8.08. The molecule has 1 unspecified atom stereocenters. The van der Waals surface area contributed by atoms with Crippen LogP contribution in [0.2, 0.25) is 0 Å². The van der Waals surface area contributed by atoms with Crippen LogP contribution in [0.4, 0.5) is 0 Å². The van der Waals surface area contributed by atoms with E-state index in [-0.39, 0.29) is 23.6 Å². The number of hydrogen-bond acceptors (Lipinski definition) is 4. The van der Waals surface area contributed by atoms with Crippen LogP contribution in [0.1, 0.15) is 55.0 Å². The van der Waals surface area contributed by atoms with Crippen LogP contribution in [0.3, 0.4) is 0 Å². The molecule has 3 rings (SSSR count). The highest BCUT2D eigenvalue weighted by Crippen LogP contribution is 2.28. The molecule has 1 atom stereocenters. The van der Waals surface area contributed by atoms with Crippen molar-refractivity contribution < 1.29 is 9.21 Å². The summed E-state index contributed by atoms with van der Waals surface area (Å²) in [6, 6.07) is 3.42. The number of amides is 1. The van der Waals surface area contributed by atoms with Crippen LogP contribution in [-0.4, -0.2) is 38.2 Å². The van der Waals surface area contributed by atoms with Gasteiger partial charge in [-0.25, -0.2) is 9.48 Å². The average Bonchev–Trinajstić information content (AvgIpc) is 3.11. The van der Waals surface area contributed by atoms with Crippen molar-refractivity contribution in [2.45, 2.75) is 38.6 Å². The summed E-state index contributed by atoms with van der Waals surface area (Å²) in [5, 5.41) is 4.42. The van der Waals surface area contributed by atoms with Gasteiger partial charge >= 0.3 is 5.69 Å². The van der Waals surface area contributed by atoms with Crippen LogP contribution < -0.4 is 5.69 Å². The molecule has 2 aromatic heterocycles. The fourth-order valence-corrected chi connectivity index (χ4v) is 3.53. The lowest BCUT2D eigenvalue weighted by Gasteiger charge is -2.32. The van der Waals surface area contributed by atoms with E-state index < -0.39 is 0 Å². The molecule has 7 nitrogen and oxygen atoms in total. The fourth-order valence-electron chi connectivity index (χ4n) is 3.22. The Morgan fingerprint density at radius 1 is 1.42 bits per heavy atom. The standard InChI is InChI=1S/C16H21BrN4O3/c1-10(2)21-14(18-19(3)16(21)23)11-5-4-8-20(9-11)15(22)12-6-7-13(17)24-12/h6-7,10-11H,4-5,8-9H2,1-3H3. The van der Waals surface area contributed by atoms with Crippen molar-refractivity contribution in [3.05, 3.63) is 38.9 Å². The number of furan rings is 1. The van der Waals surface area contributed by atoms with Gasteiger partial charge in [0.15, 0.2) is 10.4 Å². The molecule has 1 saturated heterocycles. The third-order valence-electron chi connectivity index (χ3n) is 4.36. The van der Waals surface area contributed by atoms with Gasteiger partial charge in [0.25, 0.3) is 5.91 Å². The first kappa shape index (κ1) is 17.0. The lowest BCUT2D eigenvalue weighted by atomic mass is 9.96. The maximum absolute atomic E-state index is 12.6. The maximum Gasteiger partial charge on any atom is 0.345 e. The Hall–Kier alpha value is -1.83. The molecule has 0 saturated carbocycles. The molecule has 0 N–H and O–H groups in total. The summed E-state index contributed by atoms with van der Waals surface area (Å²) in [4.78, 5) is 26.7. The highest BCUT2D eigenvalue weighted by atomic mass is 79.9. The van der Waals surface area contributed by atoms with Crippen LogP contribution in [0.15, 0.2) is 26.0 Å². The maximum atomic E-state index is 12.6. The summed E-state index contributed by atoms with van der Waals surface area (Å²) in [7, 11) is 1.66. The number of aromatic nitrogens is 3. The van der Waals surface area contributed by atoms with Gasteiger partial charge in [-0.05, 0) is 54.8 Å². The van der Waals surface area contributed by atoms with E-state index in [4.69, 9.17) is 4.42 Å². The van der Waals surface area contributed by atoms with Crippen LogP contribution in [-0.2, 0) is 7.05 Å². The van der Waals surface area contributed by atoms with E-state index in [0.717, 1.165) is 18.7 Å². The summed E-state index contributed by atoms with van der Waals surface area (Å²) >= 11 is 3.22. The molecular formula is C16H21BrN4O3. The number of rotatable bonds is 3. The number of halogens is 1. The number of likely N-dealkylation sites (tertiary alicyclic amines) is 1. The highest BCUT2D eigenvalue weighted by molar-refractivity contribution is 9.10. The Morgan fingerprint density at radius 2 is 2.17 bits per heavy atom. The zero-order chi connectivity index (χ0) is 17.4. The molecule has 24 heavy (non-hydrogen) atoms. The Bertz CT molecular complexity index is 805. The van der Waals surface area contributed by atoms with Gasteiger partial charge in [-0.1, -0.05) is 0 Å². The number of piperidine rings is 1. The van der Waals surface area contributed by atoms with Crippen LogP contribution in [0, 0.1) is 0 Å². The first-order chi connectivity index (χ1) is 11.4. The van der Waals surface area contributed by atoms with Crippen LogP contribution in [0.5, 0.6) is 0 Å².